The monoisotopic (exact) mass is 359 g/mol. The Balaban J connectivity index is 1.56. The minimum Gasteiger partial charge on any atom is -0.458 e. The van der Waals surface area contributed by atoms with E-state index >= 15 is 0 Å². The molecule has 25 heavy (non-hydrogen) atoms. The van der Waals surface area contributed by atoms with E-state index in [0.29, 0.717) is 24.0 Å². The van der Waals surface area contributed by atoms with Gasteiger partial charge in [-0.1, -0.05) is 30.7 Å². The Kier molecular flexibility index (Phi) is 5.87. The number of hydrogen-bond donors (Lipinski definition) is 0. The number of piperidine rings is 1. The first kappa shape index (κ1) is 17.7. The normalized spacial score (nSPS) is 17.4. The summed E-state index contributed by atoms with van der Waals surface area (Å²) in [6.45, 7) is 3.40. The number of amides is 1. The molecule has 1 fully saturated rings. The number of aryl methyl sites for hydroxylation is 1. The van der Waals surface area contributed by atoms with E-state index in [-0.39, 0.29) is 12.0 Å². The van der Waals surface area contributed by atoms with Gasteiger partial charge in [0.1, 0.15) is 6.10 Å². The van der Waals surface area contributed by atoms with Gasteiger partial charge in [-0.3, -0.25) is 4.79 Å². The largest absolute Gasteiger partial charge is 0.458 e. The van der Waals surface area contributed by atoms with Gasteiger partial charge in [-0.25, -0.2) is 9.97 Å². The molecule has 0 radical (unpaired) electrons. The number of hydrogen-bond acceptors (Lipinski definition) is 4. The van der Waals surface area contributed by atoms with Crippen molar-refractivity contribution in [2.45, 2.75) is 38.7 Å². The van der Waals surface area contributed by atoms with Crippen LogP contribution >= 0.6 is 11.6 Å². The molecule has 1 unspecified atom stereocenters. The third kappa shape index (κ3) is 4.92. The average molecular weight is 360 g/mol. The summed E-state index contributed by atoms with van der Waals surface area (Å²) in [5, 5.41) is 0.678. The van der Waals surface area contributed by atoms with Crippen LogP contribution in [0.1, 0.15) is 30.9 Å². The predicted octanol–water partition coefficient (Wildman–Crippen LogP) is 3.30. The first-order chi connectivity index (χ1) is 12.1. The Morgan fingerprint density at radius 1 is 1.24 bits per heavy atom. The first-order valence-electron chi connectivity index (χ1n) is 8.64. The zero-order valence-corrected chi connectivity index (χ0v) is 15.1. The SMILES string of the molecule is CCc1cnc(OC2CCCN(C(=O)Cc3ccc(Cl)cc3)C2)nc1. The Morgan fingerprint density at radius 3 is 2.64 bits per heavy atom. The highest BCUT2D eigenvalue weighted by Crippen LogP contribution is 2.17. The van der Waals surface area contributed by atoms with Crippen LogP contribution in [0.15, 0.2) is 36.7 Å². The number of likely N-dealkylation sites (tertiary alicyclic amines) is 1. The van der Waals surface area contributed by atoms with Crippen LogP contribution < -0.4 is 4.74 Å². The summed E-state index contributed by atoms with van der Waals surface area (Å²) in [6.07, 6.45) is 6.62. The van der Waals surface area contributed by atoms with Crippen molar-refractivity contribution in [3.8, 4) is 6.01 Å². The van der Waals surface area contributed by atoms with Crippen LogP contribution in [0.5, 0.6) is 6.01 Å². The van der Waals surface area contributed by atoms with Crippen LogP contribution in [0.2, 0.25) is 5.02 Å². The molecule has 0 saturated carbocycles. The number of carbonyl (C=O) groups is 1. The molecule has 1 atom stereocenters. The van der Waals surface area contributed by atoms with Crippen molar-refractivity contribution < 1.29 is 9.53 Å². The van der Waals surface area contributed by atoms with Crippen LogP contribution in [0.3, 0.4) is 0 Å². The Labute approximate surface area is 153 Å². The highest BCUT2D eigenvalue weighted by molar-refractivity contribution is 6.30. The van der Waals surface area contributed by atoms with Gasteiger partial charge in [0, 0.05) is 24.0 Å². The van der Waals surface area contributed by atoms with Crippen LogP contribution in [0, 0.1) is 0 Å². The van der Waals surface area contributed by atoms with Crippen molar-refractivity contribution in [1.82, 2.24) is 14.9 Å². The lowest BCUT2D eigenvalue weighted by molar-refractivity contribution is -0.133. The molecule has 1 saturated heterocycles. The number of aromatic nitrogens is 2. The predicted molar refractivity (Wildman–Crippen MR) is 96.8 cm³/mol. The van der Waals surface area contributed by atoms with Gasteiger partial charge >= 0.3 is 6.01 Å². The number of ether oxygens (including phenoxy) is 1. The van der Waals surface area contributed by atoms with Gasteiger partial charge < -0.3 is 9.64 Å². The third-order valence-corrected chi connectivity index (χ3v) is 4.61. The second-order valence-corrected chi connectivity index (χ2v) is 6.69. The summed E-state index contributed by atoms with van der Waals surface area (Å²) in [5.74, 6) is 0.109. The fourth-order valence-corrected chi connectivity index (χ4v) is 3.01. The van der Waals surface area contributed by atoms with Gasteiger partial charge in [0.05, 0.1) is 13.0 Å². The summed E-state index contributed by atoms with van der Waals surface area (Å²) in [5.41, 5.74) is 2.05. The number of carbonyl (C=O) groups excluding carboxylic acids is 1. The maximum absolute atomic E-state index is 12.5. The second kappa shape index (κ2) is 8.30. The maximum atomic E-state index is 12.5. The number of halogens is 1. The van der Waals surface area contributed by atoms with Gasteiger partial charge in [0.15, 0.2) is 0 Å². The highest BCUT2D eigenvalue weighted by Gasteiger charge is 2.25. The molecule has 1 aromatic heterocycles. The fraction of sp³-hybridized carbons (Fsp3) is 0.421. The summed E-state index contributed by atoms with van der Waals surface area (Å²) in [6, 6.07) is 7.78. The van der Waals surface area contributed by atoms with Crippen LogP contribution in [-0.4, -0.2) is 40.0 Å². The lowest BCUT2D eigenvalue weighted by Crippen LogP contribution is -2.45. The molecule has 1 aliphatic heterocycles. The minimum absolute atomic E-state index is 0.0598. The third-order valence-electron chi connectivity index (χ3n) is 4.36. The molecule has 0 spiro atoms. The van der Waals surface area contributed by atoms with E-state index < -0.39 is 0 Å². The fourth-order valence-electron chi connectivity index (χ4n) is 2.89. The van der Waals surface area contributed by atoms with E-state index in [4.69, 9.17) is 16.3 Å². The van der Waals surface area contributed by atoms with Crippen molar-refractivity contribution in [1.29, 1.82) is 0 Å². The topological polar surface area (TPSA) is 55.3 Å². The summed E-state index contributed by atoms with van der Waals surface area (Å²) >= 11 is 5.89. The molecule has 132 valence electrons. The minimum atomic E-state index is -0.0598. The van der Waals surface area contributed by atoms with Crippen LogP contribution in [-0.2, 0) is 17.6 Å². The molecular formula is C19H22ClN3O2. The highest BCUT2D eigenvalue weighted by atomic mass is 35.5. The van der Waals surface area contributed by atoms with E-state index in [2.05, 4.69) is 16.9 Å². The molecule has 0 aliphatic carbocycles. The van der Waals surface area contributed by atoms with Crippen molar-refractivity contribution in [2.75, 3.05) is 13.1 Å². The molecule has 1 amide bonds. The van der Waals surface area contributed by atoms with Crippen molar-refractivity contribution in [3.63, 3.8) is 0 Å². The smallest absolute Gasteiger partial charge is 0.316 e. The van der Waals surface area contributed by atoms with E-state index in [0.717, 1.165) is 36.9 Å². The van der Waals surface area contributed by atoms with Gasteiger partial charge in [-0.05, 0) is 42.5 Å². The number of benzene rings is 1. The van der Waals surface area contributed by atoms with E-state index in [1.54, 1.807) is 12.4 Å². The molecule has 3 rings (SSSR count). The standard InChI is InChI=1S/C19H22ClN3O2/c1-2-14-11-21-19(22-12-14)25-17-4-3-9-23(13-17)18(24)10-15-5-7-16(20)8-6-15/h5-8,11-12,17H,2-4,9-10,13H2,1H3. The molecule has 0 N–H and O–H groups in total. The second-order valence-electron chi connectivity index (χ2n) is 6.25. The quantitative estimate of drug-likeness (QED) is 0.821. The van der Waals surface area contributed by atoms with Gasteiger partial charge in [-0.15, -0.1) is 0 Å². The molecule has 2 heterocycles. The molecule has 0 bridgehead atoms. The Bertz CT molecular complexity index is 704. The number of nitrogens with zero attached hydrogens (tertiary/aromatic N) is 3. The van der Waals surface area contributed by atoms with Crippen LogP contribution in [0.4, 0.5) is 0 Å². The molecule has 5 nitrogen and oxygen atoms in total. The molecule has 1 aromatic carbocycles. The Hall–Kier alpha value is -2.14. The number of rotatable bonds is 5. The van der Waals surface area contributed by atoms with E-state index in [9.17, 15) is 4.79 Å². The molecular weight excluding hydrogens is 338 g/mol. The lowest BCUT2D eigenvalue weighted by Gasteiger charge is -2.32. The van der Waals surface area contributed by atoms with Gasteiger partial charge in [0.2, 0.25) is 5.91 Å². The summed E-state index contributed by atoms with van der Waals surface area (Å²) in [7, 11) is 0. The molecule has 1 aliphatic rings. The lowest BCUT2D eigenvalue weighted by atomic mass is 10.1. The summed E-state index contributed by atoms with van der Waals surface area (Å²) in [4.78, 5) is 22.9. The van der Waals surface area contributed by atoms with Crippen molar-refractivity contribution in [2.24, 2.45) is 0 Å². The van der Waals surface area contributed by atoms with Gasteiger partial charge in [0.25, 0.3) is 0 Å². The zero-order valence-electron chi connectivity index (χ0n) is 14.3. The van der Waals surface area contributed by atoms with Gasteiger partial charge in [-0.2, -0.15) is 0 Å². The van der Waals surface area contributed by atoms with E-state index in [1.807, 2.05) is 29.2 Å². The molecule has 2 aromatic rings. The zero-order chi connectivity index (χ0) is 17.6. The van der Waals surface area contributed by atoms with Crippen molar-refractivity contribution in [3.05, 3.63) is 52.8 Å². The Morgan fingerprint density at radius 2 is 1.96 bits per heavy atom. The van der Waals surface area contributed by atoms with Crippen molar-refractivity contribution >= 4 is 17.5 Å². The van der Waals surface area contributed by atoms with Crippen LogP contribution in [0.25, 0.3) is 0 Å². The molecule has 6 heteroatoms. The van der Waals surface area contributed by atoms with E-state index in [1.165, 1.54) is 0 Å². The summed E-state index contributed by atoms with van der Waals surface area (Å²) < 4.78 is 5.87. The first-order valence-corrected chi connectivity index (χ1v) is 9.01. The average Bonchev–Trinajstić information content (AvgIpc) is 2.64. The maximum Gasteiger partial charge on any atom is 0.316 e.